The molecule has 0 aliphatic heterocycles. The molecule has 1 heterocycles. The van der Waals surface area contributed by atoms with E-state index in [4.69, 9.17) is 9.63 Å². The number of carbonyl (C=O) groups excluding carboxylic acids is 1. The van der Waals surface area contributed by atoms with E-state index in [1.807, 2.05) is 0 Å². The van der Waals surface area contributed by atoms with E-state index >= 15 is 0 Å². The molecule has 1 saturated carbocycles. The molecule has 7 heteroatoms. The number of amides is 1. The summed E-state index contributed by atoms with van der Waals surface area (Å²) in [4.78, 5) is 23.1. The molecule has 1 aliphatic rings. The van der Waals surface area contributed by atoms with E-state index in [0.717, 1.165) is 18.6 Å². The number of rotatable bonds is 4. The zero-order valence-corrected chi connectivity index (χ0v) is 12.4. The first-order chi connectivity index (χ1) is 10.0. The minimum absolute atomic E-state index is 0.0901. The summed E-state index contributed by atoms with van der Waals surface area (Å²) in [7, 11) is 0. The van der Waals surface area contributed by atoms with Crippen LogP contribution in [0.3, 0.4) is 0 Å². The average molecular weight is 351 g/mol. The summed E-state index contributed by atoms with van der Waals surface area (Å²) in [6.45, 7) is 0. The average Bonchev–Trinajstić information content (AvgIpc) is 3.18. The van der Waals surface area contributed by atoms with Crippen molar-refractivity contribution >= 4 is 33.5 Å². The molecule has 1 amide bonds. The van der Waals surface area contributed by atoms with Crippen molar-refractivity contribution in [3.05, 3.63) is 45.8 Å². The Morgan fingerprint density at radius 2 is 2.10 bits per heavy atom. The van der Waals surface area contributed by atoms with Crippen LogP contribution in [0, 0.1) is 0 Å². The number of benzene rings is 1. The monoisotopic (exact) mass is 350 g/mol. The fraction of sp³-hybridized carbons (Fsp3) is 0.214. The predicted molar refractivity (Wildman–Crippen MR) is 77.5 cm³/mol. The topological polar surface area (TPSA) is 92.4 Å². The summed E-state index contributed by atoms with van der Waals surface area (Å²) in [5.74, 6) is -0.399. The molecular weight excluding hydrogens is 340 g/mol. The molecule has 0 saturated heterocycles. The van der Waals surface area contributed by atoms with Crippen LogP contribution in [0.5, 0.6) is 0 Å². The van der Waals surface area contributed by atoms with Crippen LogP contribution in [-0.4, -0.2) is 22.1 Å². The van der Waals surface area contributed by atoms with Crippen molar-refractivity contribution in [3.63, 3.8) is 0 Å². The molecule has 1 aromatic heterocycles. The number of nitrogens with one attached hydrogen (secondary N) is 1. The number of hydrogen-bond donors (Lipinski definition) is 2. The predicted octanol–water partition coefficient (Wildman–Crippen LogP) is 3.27. The zero-order chi connectivity index (χ0) is 15.0. The summed E-state index contributed by atoms with van der Waals surface area (Å²) >= 11 is 3.27. The third-order valence-electron chi connectivity index (χ3n) is 3.20. The van der Waals surface area contributed by atoms with E-state index in [2.05, 4.69) is 26.4 Å². The van der Waals surface area contributed by atoms with Crippen molar-refractivity contribution in [2.75, 3.05) is 5.32 Å². The second kappa shape index (κ2) is 5.33. The van der Waals surface area contributed by atoms with Crippen molar-refractivity contribution in [1.82, 2.24) is 5.16 Å². The Morgan fingerprint density at radius 3 is 2.76 bits per heavy atom. The van der Waals surface area contributed by atoms with Crippen LogP contribution in [0.4, 0.5) is 5.69 Å². The summed E-state index contributed by atoms with van der Waals surface area (Å²) in [5.41, 5.74) is 0.646. The van der Waals surface area contributed by atoms with Crippen LogP contribution in [0.15, 0.2) is 33.3 Å². The molecule has 0 radical (unpaired) electrons. The third-order valence-corrected chi connectivity index (χ3v) is 3.89. The molecule has 21 heavy (non-hydrogen) atoms. The number of nitrogens with zero attached hydrogens (tertiary/aromatic N) is 1. The highest BCUT2D eigenvalue weighted by Gasteiger charge is 2.29. The van der Waals surface area contributed by atoms with Crippen LogP contribution in [-0.2, 0) is 0 Å². The Balaban J connectivity index is 1.79. The van der Waals surface area contributed by atoms with Crippen LogP contribution in [0.25, 0.3) is 0 Å². The normalized spacial score (nSPS) is 14.0. The zero-order valence-electron chi connectivity index (χ0n) is 10.8. The van der Waals surface area contributed by atoms with Gasteiger partial charge in [0.1, 0.15) is 5.76 Å². The fourth-order valence-electron chi connectivity index (χ4n) is 1.90. The highest BCUT2D eigenvalue weighted by atomic mass is 79.9. The lowest BCUT2D eigenvalue weighted by Gasteiger charge is -2.06. The van der Waals surface area contributed by atoms with Gasteiger partial charge in [-0.25, -0.2) is 4.79 Å². The van der Waals surface area contributed by atoms with Gasteiger partial charge in [0.25, 0.3) is 5.91 Å². The van der Waals surface area contributed by atoms with E-state index in [1.54, 1.807) is 12.1 Å². The number of carboxylic acid groups (broad SMARTS) is 1. The van der Waals surface area contributed by atoms with Crippen molar-refractivity contribution in [2.24, 2.45) is 0 Å². The lowest BCUT2D eigenvalue weighted by Crippen LogP contribution is -2.13. The molecule has 0 spiro atoms. The van der Waals surface area contributed by atoms with E-state index in [-0.39, 0.29) is 11.3 Å². The maximum atomic E-state index is 12.1. The van der Waals surface area contributed by atoms with Gasteiger partial charge in [0.05, 0.1) is 11.3 Å². The molecule has 1 aliphatic carbocycles. The van der Waals surface area contributed by atoms with Gasteiger partial charge in [-0.2, -0.15) is 0 Å². The number of halogens is 1. The highest BCUT2D eigenvalue weighted by molar-refractivity contribution is 9.10. The van der Waals surface area contributed by atoms with E-state index in [9.17, 15) is 9.59 Å². The quantitative estimate of drug-likeness (QED) is 0.882. The lowest BCUT2D eigenvalue weighted by molar-refractivity contribution is 0.0696. The van der Waals surface area contributed by atoms with Crippen molar-refractivity contribution < 1.29 is 19.2 Å². The van der Waals surface area contributed by atoms with Crippen LogP contribution >= 0.6 is 15.9 Å². The highest BCUT2D eigenvalue weighted by Crippen LogP contribution is 2.40. The molecular formula is C14H11BrN2O4. The van der Waals surface area contributed by atoms with E-state index < -0.39 is 11.9 Å². The van der Waals surface area contributed by atoms with Gasteiger partial charge in [0.2, 0.25) is 0 Å². The summed E-state index contributed by atoms with van der Waals surface area (Å²) in [5, 5.41) is 15.3. The van der Waals surface area contributed by atoms with Crippen LogP contribution in [0.2, 0.25) is 0 Å². The minimum atomic E-state index is -1.06. The van der Waals surface area contributed by atoms with Crippen molar-refractivity contribution in [2.45, 2.75) is 18.8 Å². The molecule has 3 rings (SSSR count). The molecule has 6 nitrogen and oxygen atoms in total. The van der Waals surface area contributed by atoms with Crippen LogP contribution < -0.4 is 5.32 Å². The van der Waals surface area contributed by atoms with E-state index in [0.29, 0.717) is 16.1 Å². The Kier molecular flexibility index (Phi) is 3.50. The molecule has 2 N–H and O–H groups in total. The molecule has 0 unspecified atom stereocenters. The number of carbonyl (C=O) groups is 2. The Morgan fingerprint density at radius 1 is 1.33 bits per heavy atom. The Labute approximate surface area is 128 Å². The first kappa shape index (κ1) is 13.8. The number of aromatic carboxylic acids is 1. The Bertz CT molecular complexity index is 722. The third kappa shape index (κ3) is 2.97. The number of aromatic nitrogens is 1. The van der Waals surface area contributed by atoms with Gasteiger partial charge in [0, 0.05) is 16.5 Å². The fourth-order valence-corrected chi connectivity index (χ4v) is 2.24. The smallest absolute Gasteiger partial charge is 0.335 e. The van der Waals surface area contributed by atoms with Gasteiger partial charge in [-0.15, -0.1) is 0 Å². The van der Waals surface area contributed by atoms with Gasteiger partial charge < -0.3 is 14.9 Å². The standard InChI is InChI=1S/C14H11BrN2O4/c15-9-4-3-8(14(19)20)5-10(9)16-13(18)11-6-12(21-17-11)7-1-2-7/h3-7H,1-2H2,(H,16,18)(H,19,20). The van der Waals surface area contributed by atoms with E-state index in [1.165, 1.54) is 12.1 Å². The first-order valence-corrected chi connectivity index (χ1v) is 7.14. The van der Waals surface area contributed by atoms with Crippen LogP contribution in [0.1, 0.15) is 45.4 Å². The maximum Gasteiger partial charge on any atom is 0.335 e. The molecule has 2 aromatic rings. The van der Waals surface area contributed by atoms with Crippen molar-refractivity contribution in [3.8, 4) is 0 Å². The SMILES string of the molecule is O=C(O)c1ccc(Br)c(NC(=O)c2cc(C3CC3)on2)c1. The number of anilines is 1. The molecule has 108 valence electrons. The summed E-state index contributed by atoms with van der Waals surface area (Å²) < 4.78 is 5.71. The first-order valence-electron chi connectivity index (χ1n) is 6.35. The second-order valence-corrected chi connectivity index (χ2v) is 5.70. The van der Waals surface area contributed by atoms with Crippen molar-refractivity contribution in [1.29, 1.82) is 0 Å². The largest absolute Gasteiger partial charge is 0.478 e. The van der Waals surface area contributed by atoms with Gasteiger partial charge in [-0.05, 0) is 47.0 Å². The molecule has 1 fully saturated rings. The number of hydrogen-bond acceptors (Lipinski definition) is 4. The molecule has 0 atom stereocenters. The Hall–Kier alpha value is -2.15. The number of carboxylic acids is 1. The summed E-state index contributed by atoms with van der Waals surface area (Å²) in [6, 6.07) is 6.02. The van der Waals surface area contributed by atoms with Gasteiger partial charge in [-0.3, -0.25) is 4.79 Å². The maximum absolute atomic E-state index is 12.1. The summed E-state index contributed by atoms with van der Waals surface area (Å²) in [6.07, 6.45) is 2.12. The second-order valence-electron chi connectivity index (χ2n) is 4.84. The lowest BCUT2D eigenvalue weighted by atomic mass is 10.2. The molecule has 0 bridgehead atoms. The van der Waals surface area contributed by atoms with Gasteiger partial charge in [-0.1, -0.05) is 5.16 Å². The van der Waals surface area contributed by atoms with Gasteiger partial charge in [0.15, 0.2) is 5.69 Å². The molecule has 1 aromatic carbocycles. The minimum Gasteiger partial charge on any atom is -0.478 e. The van der Waals surface area contributed by atoms with Gasteiger partial charge >= 0.3 is 5.97 Å².